The van der Waals surface area contributed by atoms with Gasteiger partial charge in [-0.15, -0.1) is 0 Å². The Morgan fingerprint density at radius 1 is 1.05 bits per heavy atom. The van der Waals surface area contributed by atoms with Crippen molar-refractivity contribution in [1.29, 1.82) is 5.41 Å². The van der Waals surface area contributed by atoms with Crippen molar-refractivity contribution < 1.29 is 17.9 Å². The Morgan fingerprint density at radius 2 is 1.73 bits per heavy atom. The fourth-order valence-corrected chi connectivity index (χ4v) is 4.57. The third-order valence-corrected chi connectivity index (χ3v) is 6.47. The molecular weight excluding hydrogens is 530 g/mol. The average molecular weight is 554 g/mol. The molecule has 1 aliphatic rings. The van der Waals surface area contributed by atoms with E-state index in [1.165, 1.54) is 23.5 Å². The topological polar surface area (TPSA) is 117 Å². The molecule has 0 radical (unpaired) electrons. The third-order valence-electron chi connectivity index (χ3n) is 5.87. The first-order valence-corrected chi connectivity index (χ1v) is 12.0. The highest BCUT2D eigenvalue weighted by Gasteiger charge is 2.32. The summed E-state index contributed by atoms with van der Waals surface area (Å²) in [6, 6.07) is 8.28. The molecule has 1 atom stereocenters. The number of alkyl halides is 3. The molecule has 3 aromatic rings. The average Bonchev–Trinajstić information content (AvgIpc) is 2.84. The van der Waals surface area contributed by atoms with Gasteiger partial charge < -0.3 is 15.4 Å². The summed E-state index contributed by atoms with van der Waals surface area (Å²) in [6.45, 7) is 0.526. The van der Waals surface area contributed by atoms with Crippen molar-refractivity contribution in [2.24, 2.45) is 5.73 Å². The molecule has 4 rings (SSSR count). The number of halogens is 5. The molecule has 0 aliphatic carbocycles. The number of nitrogens with two attached hydrogens (primary N) is 2. The summed E-state index contributed by atoms with van der Waals surface area (Å²) in [6.07, 6.45) is -0.831. The van der Waals surface area contributed by atoms with Crippen molar-refractivity contribution in [3.63, 3.8) is 0 Å². The maximum absolute atomic E-state index is 12.6. The zero-order valence-corrected chi connectivity index (χ0v) is 21.0. The van der Waals surface area contributed by atoms with E-state index in [1.54, 1.807) is 30.3 Å². The van der Waals surface area contributed by atoms with Crippen molar-refractivity contribution in [3.05, 3.63) is 75.7 Å². The molecule has 1 aliphatic heterocycles. The number of piperazine rings is 1. The number of benzene rings is 1. The molecular formula is C24H24Cl2F3N7O. The van der Waals surface area contributed by atoms with Crippen LogP contribution in [0.15, 0.2) is 48.9 Å². The molecule has 8 nitrogen and oxygen atoms in total. The van der Waals surface area contributed by atoms with Gasteiger partial charge in [0.05, 0.1) is 22.3 Å². The van der Waals surface area contributed by atoms with E-state index < -0.39 is 18.9 Å². The van der Waals surface area contributed by atoms with Gasteiger partial charge in [-0.3, -0.25) is 21.0 Å². The zero-order valence-electron chi connectivity index (χ0n) is 19.5. The van der Waals surface area contributed by atoms with Gasteiger partial charge in [-0.2, -0.15) is 13.2 Å². The van der Waals surface area contributed by atoms with Crippen molar-refractivity contribution in [3.8, 4) is 5.75 Å². The summed E-state index contributed by atoms with van der Waals surface area (Å²) in [5.41, 5.74) is 14.1. The molecule has 2 aromatic heterocycles. The largest absolute Gasteiger partial charge is 0.471 e. The molecule has 1 aromatic carbocycles. The van der Waals surface area contributed by atoms with E-state index in [2.05, 4.69) is 9.97 Å². The molecule has 37 heavy (non-hydrogen) atoms. The Hall–Kier alpha value is -3.12. The van der Waals surface area contributed by atoms with E-state index in [0.29, 0.717) is 60.1 Å². The Balaban J connectivity index is 1.44. The van der Waals surface area contributed by atoms with Crippen molar-refractivity contribution >= 4 is 40.4 Å². The molecule has 0 saturated carbocycles. The summed E-state index contributed by atoms with van der Waals surface area (Å²) in [5.74, 6) is 0.983. The van der Waals surface area contributed by atoms with Gasteiger partial charge in [-0.05, 0) is 30.3 Å². The smallest absolute Gasteiger partial charge is 0.401 e. The highest BCUT2D eigenvalue weighted by atomic mass is 35.5. The van der Waals surface area contributed by atoms with E-state index in [4.69, 9.17) is 44.8 Å². The van der Waals surface area contributed by atoms with Gasteiger partial charge in [-0.1, -0.05) is 23.2 Å². The number of ether oxygens (including phenoxy) is 1. The molecule has 0 bridgehead atoms. The zero-order chi connectivity index (χ0) is 26.7. The predicted molar refractivity (Wildman–Crippen MR) is 138 cm³/mol. The van der Waals surface area contributed by atoms with Crippen molar-refractivity contribution in [2.75, 3.05) is 43.4 Å². The summed E-state index contributed by atoms with van der Waals surface area (Å²) < 4.78 is 43.7. The highest BCUT2D eigenvalue weighted by molar-refractivity contribution is 6.35. The van der Waals surface area contributed by atoms with Crippen LogP contribution in [-0.4, -0.2) is 59.5 Å². The van der Waals surface area contributed by atoms with Crippen LogP contribution in [0.5, 0.6) is 5.75 Å². The quantitative estimate of drug-likeness (QED) is 0.224. The van der Waals surface area contributed by atoms with Crippen molar-refractivity contribution in [2.45, 2.75) is 12.4 Å². The summed E-state index contributed by atoms with van der Waals surface area (Å²) in [4.78, 5) is 11.6. The second kappa shape index (κ2) is 11.1. The second-order valence-corrected chi connectivity index (χ2v) is 9.28. The molecule has 0 unspecified atom stereocenters. The first-order chi connectivity index (χ1) is 17.5. The molecule has 1 fully saturated rings. The van der Waals surface area contributed by atoms with Gasteiger partial charge in [-0.25, -0.2) is 4.98 Å². The fourth-order valence-electron chi connectivity index (χ4n) is 3.99. The van der Waals surface area contributed by atoms with E-state index in [1.807, 2.05) is 4.90 Å². The SMILES string of the molecule is N=C(c1ccc(N2CCN(CC(F)(F)F)CC2)nc1)c1cc(O[C@H](N)c2c(Cl)cncc2Cl)ccc1N. The van der Waals surface area contributed by atoms with Crippen LogP contribution in [0.1, 0.15) is 22.9 Å². The Bertz CT molecular complexity index is 1250. The molecule has 5 N–H and O–H groups in total. The number of hydrogen-bond acceptors (Lipinski definition) is 8. The van der Waals surface area contributed by atoms with Crippen LogP contribution >= 0.6 is 23.2 Å². The number of anilines is 2. The number of nitrogens with zero attached hydrogens (tertiary/aromatic N) is 4. The van der Waals surface area contributed by atoms with E-state index >= 15 is 0 Å². The Labute approximate surface area is 221 Å². The standard InChI is InChI=1S/C24H24Cl2F3N7O/c25-17-11-33-12-18(26)21(17)23(32)37-15-2-3-19(30)16(9-15)22(31)14-1-4-20(34-10-14)36-7-5-35(6-8-36)13-24(27,28)29/h1-4,9-12,23,31H,5-8,13,30,32H2/t23-/m0/s1. The number of hydrogen-bond donors (Lipinski definition) is 3. The summed E-state index contributed by atoms with van der Waals surface area (Å²) in [7, 11) is 0. The minimum absolute atomic E-state index is 0.116. The van der Waals surface area contributed by atoms with Gasteiger partial charge >= 0.3 is 6.18 Å². The van der Waals surface area contributed by atoms with Crippen LogP contribution in [0, 0.1) is 5.41 Å². The normalized spacial score (nSPS) is 15.5. The molecule has 0 spiro atoms. The number of nitrogen functional groups attached to an aromatic ring is 1. The Morgan fingerprint density at radius 3 is 2.32 bits per heavy atom. The van der Waals surface area contributed by atoms with Crippen LogP contribution in [-0.2, 0) is 0 Å². The van der Waals surface area contributed by atoms with Crippen LogP contribution in [0.25, 0.3) is 0 Å². The summed E-state index contributed by atoms with van der Waals surface area (Å²) >= 11 is 12.3. The van der Waals surface area contributed by atoms with Gasteiger partial charge in [0.2, 0.25) is 0 Å². The van der Waals surface area contributed by atoms with E-state index in [9.17, 15) is 13.2 Å². The van der Waals surface area contributed by atoms with E-state index in [-0.39, 0.29) is 15.8 Å². The predicted octanol–water partition coefficient (Wildman–Crippen LogP) is 4.50. The lowest BCUT2D eigenvalue weighted by Crippen LogP contribution is -2.49. The van der Waals surface area contributed by atoms with Crippen LogP contribution in [0.3, 0.4) is 0 Å². The number of pyridine rings is 2. The highest BCUT2D eigenvalue weighted by Crippen LogP contribution is 2.31. The first kappa shape index (κ1) is 26.9. The molecule has 1 saturated heterocycles. The van der Waals surface area contributed by atoms with E-state index in [0.717, 1.165) is 0 Å². The van der Waals surface area contributed by atoms with Gasteiger partial charge in [0.1, 0.15) is 11.6 Å². The molecule has 3 heterocycles. The second-order valence-electron chi connectivity index (χ2n) is 8.46. The van der Waals surface area contributed by atoms with Gasteiger partial charge in [0, 0.05) is 67.1 Å². The number of rotatable bonds is 7. The maximum atomic E-state index is 12.6. The fraction of sp³-hybridized carbons (Fsp3) is 0.292. The van der Waals surface area contributed by atoms with Crippen LogP contribution in [0.4, 0.5) is 24.7 Å². The lowest BCUT2D eigenvalue weighted by molar-refractivity contribution is -0.146. The first-order valence-electron chi connectivity index (χ1n) is 11.2. The molecule has 0 amide bonds. The minimum atomic E-state index is -4.21. The van der Waals surface area contributed by atoms with Gasteiger partial charge in [0.25, 0.3) is 0 Å². The molecule has 196 valence electrons. The van der Waals surface area contributed by atoms with Crippen LogP contribution in [0.2, 0.25) is 10.0 Å². The molecule has 13 heteroatoms. The lowest BCUT2D eigenvalue weighted by atomic mass is 10.0. The lowest BCUT2D eigenvalue weighted by Gasteiger charge is -2.35. The third kappa shape index (κ3) is 6.61. The monoisotopic (exact) mass is 553 g/mol. The summed E-state index contributed by atoms with van der Waals surface area (Å²) in [5, 5.41) is 9.18. The van der Waals surface area contributed by atoms with Gasteiger partial charge in [0.15, 0.2) is 6.23 Å². The van der Waals surface area contributed by atoms with Crippen LogP contribution < -0.4 is 21.1 Å². The maximum Gasteiger partial charge on any atom is 0.401 e. The minimum Gasteiger partial charge on any atom is -0.471 e. The number of aromatic nitrogens is 2. The number of nitrogens with one attached hydrogen (secondary N) is 1. The Kier molecular flexibility index (Phi) is 8.08. The van der Waals surface area contributed by atoms with Crippen molar-refractivity contribution in [1.82, 2.24) is 14.9 Å².